The van der Waals surface area contributed by atoms with Crippen molar-refractivity contribution in [2.75, 3.05) is 0 Å². The van der Waals surface area contributed by atoms with Crippen molar-refractivity contribution >= 4 is 12.6 Å². The highest BCUT2D eigenvalue weighted by molar-refractivity contribution is 5.86. The van der Waals surface area contributed by atoms with Crippen LogP contribution in [0.4, 0.5) is 0 Å². The zero-order valence-corrected chi connectivity index (χ0v) is 9.14. The molecule has 0 aliphatic heterocycles. The van der Waals surface area contributed by atoms with Gasteiger partial charge in [-0.2, -0.15) is 0 Å². The maximum atomic E-state index is 10.8. The highest BCUT2D eigenvalue weighted by Crippen LogP contribution is 2.37. The van der Waals surface area contributed by atoms with Gasteiger partial charge in [0.15, 0.2) is 0 Å². The van der Waals surface area contributed by atoms with Crippen molar-refractivity contribution in [1.29, 1.82) is 0 Å². The van der Waals surface area contributed by atoms with E-state index in [4.69, 9.17) is 0 Å². The Balaban J connectivity index is 2.19. The van der Waals surface area contributed by atoms with Crippen LogP contribution in [0.3, 0.4) is 0 Å². The lowest BCUT2D eigenvalue weighted by atomic mass is 10.0. The van der Waals surface area contributed by atoms with E-state index in [1.54, 1.807) is 0 Å². The van der Waals surface area contributed by atoms with Crippen molar-refractivity contribution in [1.82, 2.24) is 0 Å². The minimum atomic E-state index is 0.691. The van der Waals surface area contributed by atoms with Gasteiger partial charge >= 0.3 is 0 Å². The first-order valence-corrected chi connectivity index (χ1v) is 5.48. The highest BCUT2D eigenvalue weighted by atomic mass is 16.1. The second-order valence-corrected chi connectivity index (χ2v) is 4.25. The van der Waals surface area contributed by atoms with Crippen LogP contribution in [-0.4, -0.2) is 12.6 Å². The molecule has 0 saturated heterocycles. The number of benzene rings is 2. The summed E-state index contributed by atoms with van der Waals surface area (Å²) in [5, 5.41) is 0. The van der Waals surface area contributed by atoms with E-state index in [9.17, 15) is 9.59 Å². The van der Waals surface area contributed by atoms with E-state index in [1.807, 2.05) is 36.4 Å². The second kappa shape index (κ2) is 3.67. The summed E-state index contributed by atoms with van der Waals surface area (Å²) in [4.78, 5) is 21.5. The molecule has 2 heteroatoms. The average molecular weight is 222 g/mol. The molecule has 0 fully saturated rings. The fourth-order valence-electron chi connectivity index (χ4n) is 2.37. The first-order chi connectivity index (χ1) is 8.31. The SMILES string of the molecule is O=Cc1ccc2c(c1)Cc1ccc(C=O)cc1-2. The van der Waals surface area contributed by atoms with Gasteiger partial charge in [0, 0.05) is 11.1 Å². The van der Waals surface area contributed by atoms with E-state index in [0.717, 1.165) is 35.7 Å². The van der Waals surface area contributed by atoms with Gasteiger partial charge in [0.2, 0.25) is 0 Å². The molecule has 0 saturated carbocycles. The van der Waals surface area contributed by atoms with E-state index in [2.05, 4.69) is 0 Å². The maximum absolute atomic E-state index is 10.8. The summed E-state index contributed by atoms with van der Waals surface area (Å²) in [6.45, 7) is 0. The molecule has 0 spiro atoms. The van der Waals surface area contributed by atoms with Crippen molar-refractivity contribution in [2.24, 2.45) is 0 Å². The molecular formula is C15H10O2. The van der Waals surface area contributed by atoms with Gasteiger partial charge in [-0.3, -0.25) is 9.59 Å². The van der Waals surface area contributed by atoms with Crippen LogP contribution in [0, 0.1) is 0 Å². The minimum Gasteiger partial charge on any atom is -0.298 e. The standard InChI is InChI=1S/C15H10O2/c16-8-10-2-4-14-13(5-10)7-12-3-1-11(9-17)6-15(12)14/h1-6,8-9H,7H2. The molecule has 0 atom stereocenters. The third-order valence-corrected chi connectivity index (χ3v) is 3.21. The molecule has 0 aromatic heterocycles. The largest absolute Gasteiger partial charge is 0.298 e. The summed E-state index contributed by atoms with van der Waals surface area (Å²) in [6.07, 6.45) is 2.56. The van der Waals surface area contributed by atoms with Crippen molar-refractivity contribution in [3.8, 4) is 11.1 Å². The Morgan fingerprint density at radius 1 is 0.765 bits per heavy atom. The molecule has 2 aromatic rings. The van der Waals surface area contributed by atoms with Crippen LogP contribution >= 0.6 is 0 Å². The van der Waals surface area contributed by atoms with Crippen LogP contribution in [0.2, 0.25) is 0 Å². The molecule has 0 bridgehead atoms. The molecule has 0 unspecified atom stereocenters. The first-order valence-electron chi connectivity index (χ1n) is 5.48. The van der Waals surface area contributed by atoms with Crippen molar-refractivity contribution in [2.45, 2.75) is 6.42 Å². The van der Waals surface area contributed by atoms with Crippen LogP contribution in [0.25, 0.3) is 11.1 Å². The van der Waals surface area contributed by atoms with Crippen LogP contribution in [0.15, 0.2) is 36.4 Å². The Hall–Kier alpha value is -2.22. The van der Waals surface area contributed by atoms with Gasteiger partial charge in [0.05, 0.1) is 0 Å². The number of rotatable bonds is 2. The average Bonchev–Trinajstić information content (AvgIpc) is 2.74. The summed E-state index contributed by atoms with van der Waals surface area (Å²) >= 11 is 0. The highest BCUT2D eigenvalue weighted by Gasteiger charge is 2.18. The summed E-state index contributed by atoms with van der Waals surface area (Å²) in [5.74, 6) is 0. The Morgan fingerprint density at radius 3 is 2.24 bits per heavy atom. The number of carbonyl (C=O) groups excluding carboxylic acids is 2. The maximum Gasteiger partial charge on any atom is 0.150 e. The van der Waals surface area contributed by atoms with Crippen LogP contribution < -0.4 is 0 Å². The zero-order valence-electron chi connectivity index (χ0n) is 9.14. The monoisotopic (exact) mass is 222 g/mol. The summed E-state index contributed by atoms with van der Waals surface area (Å²) in [7, 11) is 0. The van der Waals surface area contributed by atoms with E-state index >= 15 is 0 Å². The topological polar surface area (TPSA) is 34.1 Å². The third kappa shape index (κ3) is 1.49. The summed E-state index contributed by atoms with van der Waals surface area (Å²) in [6, 6.07) is 11.4. The van der Waals surface area contributed by atoms with Crippen molar-refractivity contribution in [3.05, 3.63) is 58.7 Å². The molecule has 2 aromatic carbocycles. The van der Waals surface area contributed by atoms with Gasteiger partial charge in [-0.25, -0.2) is 0 Å². The molecule has 0 radical (unpaired) electrons. The molecule has 1 aliphatic rings. The molecule has 0 N–H and O–H groups in total. The van der Waals surface area contributed by atoms with Crippen molar-refractivity contribution in [3.63, 3.8) is 0 Å². The predicted octanol–water partition coefficient (Wildman–Crippen LogP) is 2.88. The smallest absolute Gasteiger partial charge is 0.150 e. The number of aldehydes is 2. The van der Waals surface area contributed by atoms with Gasteiger partial charge in [0.25, 0.3) is 0 Å². The predicted molar refractivity (Wildman–Crippen MR) is 65.5 cm³/mol. The number of hydrogen-bond donors (Lipinski definition) is 0. The van der Waals surface area contributed by atoms with E-state index in [1.165, 1.54) is 5.56 Å². The molecule has 0 heterocycles. The number of fused-ring (bicyclic) bond motifs is 3. The van der Waals surface area contributed by atoms with Gasteiger partial charge in [-0.1, -0.05) is 24.3 Å². The quantitative estimate of drug-likeness (QED) is 0.625. The Bertz CT molecular complexity index is 627. The first kappa shape index (κ1) is 9.97. The molecule has 0 amide bonds. The van der Waals surface area contributed by atoms with Gasteiger partial charge < -0.3 is 0 Å². The Labute approximate surface area is 98.9 Å². The molecular weight excluding hydrogens is 212 g/mol. The number of carbonyl (C=O) groups is 2. The fraction of sp³-hybridized carbons (Fsp3) is 0.0667. The van der Waals surface area contributed by atoms with Gasteiger partial charge in [0.1, 0.15) is 12.6 Å². The zero-order chi connectivity index (χ0) is 11.8. The Morgan fingerprint density at radius 2 is 1.47 bits per heavy atom. The van der Waals surface area contributed by atoms with Gasteiger partial charge in [-0.15, -0.1) is 0 Å². The molecule has 1 aliphatic carbocycles. The molecule has 17 heavy (non-hydrogen) atoms. The summed E-state index contributed by atoms with van der Waals surface area (Å²) < 4.78 is 0. The number of hydrogen-bond acceptors (Lipinski definition) is 2. The lowest BCUT2D eigenvalue weighted by Gasteiger charge is -2.01. The van der Waals surface area contributed by atoms with E-state index in [0.29, 0.717) is 11.1 Å². The van der Waals surface area contributed by atoms with E-state index < -0.39 is 0 Å². The van der Waals surface area contributed by atoms with Crippen LogP contribution in [0.5, 0.6) is 0 Å². The lowest BCUT2D eigenvalue weighted by molar-refractivity contribution is 0.111. The van der Waals surface area contributed by atoms with Crippen molar-refractivity contribution < 1.29 is 9.59 Å². The molecule has 3 rings (SSSR count). The summed E-state index contributed by atoms with van der Waals surface area (Å²) in [5.41, 5.74) is 6.01. The Kier molecular flexibility index (Phi) is 2.15. The van der Waals surface area contributed by atoms with Crippen LogP contribution in [-0.2, 0) is 6.42 Å². The van der Waals surface area contributed by atoms with Gasteiger partial charge in [-0.05, 0) is 40.8 Å². The van der Waals surface area contributed by atoms with Crippen LogP contribution in [0.1, 0.15) is 31.8 Å². The normalized spacial score (nSPS) is 11.8. The van der Waals surface area contributed by atoms with E-state index in [-0.39, 0.29) is 0 Å². The third-order valence-electron chi connectivity index (χ3n) is 3.21. The fourth-order valence-corrected chi connectivity index (χ4v) is 2.37. The minimum absolute atomic E-state index is 0.691. The second-order valence-electron chi connectivity index (χ2n) is 4.25. The lowest BCUT2D eigenvalue weighted by Crippen LogP contribution is -1.84. The molecule has 82 valence electrons. The molecule has 2 nitrogen and oxygen atoms in total.